The summed E-state index contributed by atoms with van der Waals surface area (Å²) in [5.41, 5.74) is 0. The number of likely N-dealkylation sites (N-methyl/N-ethyl adjacent to an activating group) is 1. The van der Waals surface area contributed by atoms with Crippen molar-refractivity contribution in [1.29, 1.82) is 0 Å². The lowest BCUT2D eigenvalue weighted by atomic mass is 10.3. The molecule has 0 radical (unpaired) electrons. The fourth-order valence-electron chi connectivity index (χ4n) is 1.65. The number of hydrogen-bond donors (Lipinski definition) is 2. The summed E-state index contributed by atoms with van der Waals surface area (Å²) in [5.74, 6) is 0.306. The molecule has 2 rings (SSSR count). The fraction of sp³-hybridized carbons (Fsp3) is 0.308. The highest BCUT2D eigenvalue weighted by Gasteiger charge is 2.17. The maximum Gasteiger partial charge on any atom is 0.272 e. The van der Waals surface area contributed by atoms with Crippen LogP contribution in [0.3, 0.4) is 0 Å². The fourth-order valence-corrected chi connectivity index (χ4v) is 4.25. The van der Waals surface area contributed by atoms with Crippen LogP contribution in [-0.2, 0) is 16.4 Å². The molecule has 0 aromatic carbocycles. The predicted octanol–water partition coefficient (Wildman–Crippen LogP) is 2.86. The SMILES string of the molecule is CCNCCc1ccc(S(=O)(=O)Nc2ccc(Br)cn2)s1. The minimum atomic E-state index is -3.57. The Labute approximate surface area is 137 Å². The molecule has 21 heavy (non-hydrogen) atoms. The molecule has 0 amide bonds. The van der Waals surface area contributed by atoms with Gasteiger partial charge in [-0.25, -0.2) is 13.4 Å². The second-order valence-corrected chi connectivity index (χ2v) is 8.28. The average Bonchev–Trinajstić information content (AvgIpc) is 2.91. The number of sulfonamides is 1. The Morgan fingerprint density at radius 2 is 2.10 bits per heavy atom. The predicted molar refractivity (Wildman–Crippen MR) is 89.3 cm³/mol. The average molecular weight is 390 g/mol. The first kappa shape index (κ1) is 16.4. The molecule has 0 saturated heterocycles. The van der Waals surface area contributed by atoms with E-state index in [1.807, 2.05) is 13.0 Å². The van der Waals surface area contributed by atoms with Gasteiger partial charge in [0.2, 0.25) is 0 Å². The molecule has 0 aliphatic carbocycles. The van der Waals surface area contributed by atoms with E-state index in [0.29, 0.717) is 10.0 Å². The van der Waals surface area contributed by atoms with Crippen LogP contribution in [0, 0.1) is 0 Å². The number of nitrogens with one attached hydrogen (secondary N) is 2. The lowest BCUT2D eigenvalue weighted by Gasteiger charge is -2.05. The molecule has 2 heterocycles. The van der Waals surface area contributed by atoms with Crippen LogP contribution in [0.2, 0.25) is 0 Å². The van der Waals surface area contributed by atoms with E-state index in [1.165, 1.54) is 11.3 Å². The highest BCUT2D eigenvalue weighted by atomic mass is 79.9. The van der Waals surface area contributed by atoms with E-state index >= 15 is 0 Å². The van der Waals surface area contributed by atoms with Gasteiger partial charge in [0.25, 0.3) is 10.0 Å². The first-order chi connectivity index (χ1) is 10.0. The second kappa shape index (κ2) is 7.35. The number of nitrogens with zero attached hydrogens (tertiary/aromatic N) is 1. The molecule has 114 valence electrons. The zero-order valence-electron chi connectivity index (χ0n) is 11.5. The molecule has 0 spiro atoms. The summed E-state index contributed by atoms with van der Waals surface area (Å²) in [5, 5.41) is 3.22. The normalized spacial score (nSPS) is 11.5. The van der Waals surface area contributed by atoms with E-state index in [9.17, 15) is 8.42 Å². The van der Waals surface area contributed by atoms with E-state index in [2.05, 4.69) is 31.0 Å². The molecule has 0 aliphatic heterocycles. The summed E-state index contributed by atoms with van der Waals surface area (Å²) in [6.07, 6.45) is 2.37. The van der Waals surface area contributed by atoms with Crippen LogP contribution in [0.25, 0.3) is 0 Å². The molecular formula is C13H16BrN3O2S2. The highest BCUT2D eigenvalue weighted by molar-refractivity contribution is 9.10. The van der Waals surface area contributed by atoms with Crippen molar-refractivity contribution in [3.8, 4) is 0 Å². The van der Waals surface area contributed by atoms with Crippen LogP contribution in [-0.4, -0.2) is 26.5 Å². The number of hydrogen-bond acceptors (Lipinski definition) is 5. The second-order valence-electron chi connectivity index (χ2n) is 4.29. The molecule has 2 N–H and O–H groups in total. The van der Waals surface area contributed by atoms with Crippen molar-refractivity contribution in [1.82, 2.24) is 10.3 Å². The van der Waals surface area contributed by atoms with Crippen molar-refractivity contribution < 1.29 is 8.42 Å². The summed E-state index contributed by atoms with van der Waals surface area (Å²) < 4.78 is 28.1. The van der Waals surface area contributed by atoms with Crippen LogP contribution in [0.1, 0.15) is 11.8 Å². The Bertz CT molecular complexity index is 684. The van der Waals surface area contributed by atoms with Gasteiger partial charge >= 0.3 is 0 Å². The van der Waals surface area contributed by atoms with Gasteiger partial charge in [-0.3, -0.25) is 4.72 Å². The van der Waals surface area contributed by atoms with E-state index in [4.69, 9.17) is 0 Å². The first-order valence-corrected chi connectivity index (χ1v) is 9.54. The van der Waals surface area contributed by atoms with Gasteiger partial charge in [-0.15, -0.1) is 11.3 Å². The Morgan fingerprint density at radius 3 is 2.76 bits per heavy atom. The van der Waals surface area contributed by atoms with Gasteiger partial charge in [-0.05, 0) is 59.7 Å². The van der Waals surface area contributed by atoms with Crippen molar-refractivity contribution in [3.63, 3.8) is 0 Å². The monoisotopic (exact) mass is 389 g/mol. The number of pyridine rings is 1. The van der Waals surface area contributed by atoms with Gasteiger partial charge in [0.15, 0.2) is 0 Å². The van der Waals surface area contributed by atoms with Crippen LogP contribution in [0.5, 0.6) is 0 Å². The van der Waals surface area contributed by atoms with E-state index < -0.39 is 10.0 Å². The van der Waals surface area contributed by atoms with Crippen molar-refractivity contribution >= 4 is 43.1 Å². The van der Waals surface area contributed by atoms with Crippen LogP contribution >= 0.6 is 27.3 Å². The molecule has 0 bridgehead atoms. The molecule has 0 fully saturated rings. The zero-order valence-corrected chi connectivity index (χ0v) is 14.7. The standard InChI is InChI=1S/C13H16BrN3O2S2/c1-2-15-8-7-11-4-6-13(20-11)21(18,19)17-12-5-3-10(14)9-16-12/h3-6,9,15H,2,7-8H2,1H3,(H,16,17). The Kier molecular flexibility index (Phi) is 5.74. The van der Waals surface area contributed by atoms with Crippen molar-refractivity contribution in [2.75, 3.05) is 17.8 Å². The van der Waals surface area contributed by atoms with Crippen molar-refractivity contribution in [2.45, 2.75) is 17.6 Å². The summed E-state index contributed by atoms with van der Waals surface area (Å²) >= 11 is 4.54. The third kappa shape index (κ3) is 4.77. The highest BCUT2D eigenvalue weighted by Crippen LogP contribution is 2.24. The van der Waals surface area contributed by atoms with Crippen molar-refractivity contribution in [2.24, 2.45) is 0 Å². The number of anilines is 1. The molecule has 0 saturated carbocycles. The van der Waals surface area contributed by atoms with Gasteiger partial charge in [0.1, 0.15) is 10.0 Å². The van der Waals surface area contributed by atoms with Crippen LogP contribution in [0.15, 0.2) is 39.1 Å². The topological polar surface area (TPSA) is 71.1 Å². The summed E-state index contributed by atoms with van der Waals surface area (Å²) in [7, 11) is -3.57. The molecule has 0 atom stereocenters. The molecule has 2 aromatic rings. The zero-order chi connectivity index (χ0) is 15.3. The van der Waals surface area contributed by atoms with Gasteiger partial charge < -0.3 is 5.32 Å². The maximum absolute atomic E-state index is 12.3. The first-order valence-electron chi connectivity index (χ1n) is 6.45. The minimum Gasteiger partial charge on any atom is -0.317 e. The molecule has 2 aromatic heterocycles. The van der Waals surface area contributed by atoms with E-state index in [-0.39, 0.29) is 0 Å². The molecule has 5 nitrogen and oxygen atoms in total. The lowest BCUT2D eigenvalue weighted by Crippen LogP contribution is -2.15. The number of aromatic nitrogens is 1. The summed E-state index contributed by atoms with van der Waals surface area (Å²) in [4.78, 5) is 5.06. The van der Waals surface area contributed by atoms with Gasteiger partial charge in [0, 0.05) is 15.5 Å². The van der Waals surface area contributed by atoms with E-state index in [1.54, 1.807) is 24.4 Å². The van der Waals surface area contributed by atoms with Gasteiger partial charge in [-0.1, -0.05) is 6.92 Å². The minimum absolute atomic E-state index is 0.304. The maximum atomic E-state index is 12.3. The smallest absolute Gasteiger partial charge is 0.272 e. The summed E-state index contributed by atoms with van der Waals surface area (Å²) in [6.45, 7) is 3.80. The number of thiophene rings is 1. The van der Waals surface area contributed by atoms with Crippen LogP contribution < -0.4 is 10.0 Å². The number of halogens is 1. The molecular weight excluding hydrogens is 374 g/mol. The van der Waals surface area contributed by atoms with Crippen LogP contribution in [0.4, 0.5) is 5.82 Å². The molecule has 0 unspecified atom stereocenters. The molecule has 8 heteroatoms. The Balaban J connectivity index is 2.07. The molecule has 0 aliphatic rings. The third-order valence-electron chi connectivity index (χ3n) is 2.67. The van der Waals surface area contributed by atoms with Crippen molar-refractivity contribution in [3.05, 3.63) is 39.8 Å². The van der Waals surface area contributed by atoms with Gasteiger partial charge in [-0.2, -0.15) is 0 Å². The largest absolute Gasteiger partial charge is 0.317 e. The Morgan fingerprint density at radius 1 is 1.29 bits per heavy atom. The number of rotatable bonds is 7. The lowest BCUT2D eigenvalue weighted by molar-refractivity contribution is 0.603. The van der Waals surface area contributed by atoms with E-state index in [0.717, 1.165) is 28.9 Å². The summed E-state index contributed by atoms with van der Waals surface area (Å²) in [6, 6.07) is 6.83. The third-order valence-corrected chi connectivity index (χ3v) is 6.13. The Hall–Kier alpha value is -0.960. The quantitative estimate of drug-likeness (QED) is 0.714. The van der Waals surface area contributed by atoms with Gasteiger partial charge in [0.05, 0.1) is 0 Å².